The van der Waals surface area contributed by atoms with Crippen molar-refractivity contribution in [1.82, 2.24) is 10.5 Å². The van der Waals surface area contributed by atoms with Crippen LogP contribution in [0.4, 0.5) is 0 Å². The Morgan fingerprint density at radius 3 is 2.88 bits per heavy atom. The van der Waals surface area contributed by atoms with Gasteiger partial charge >= 0.3 is 0 Å². The summed E-state index contributed by atoms with van der Waals surface area (Å²) in [6.45, 7) is 8.24. The third-order valence-electron chi connectivity index (χ3n) is 2.40. The predicted octanol–water partition coefficient (Wildman–Crippen LogP) is 3.46. The molecular formula is C13H18N2OS. The Balaban J connectivity index is 1.96. The van der Waals surface area contributed by atoms with Gasteiger partial charge in [-0.3, -0.25) is 0 Å². The Bertz CT molecular complexity index is 473. The van der Waals surface area contributed by atoms with E-state index < -0.39 is 0 Å². The number of aryl methyl sites for hydroxylation is 1. The summed E-state index contributed by atoms with van der Waals surface area (Å²) in [5, 5.41) is 7.42. The molecule has 2 aromatic rings. The lowest BCUT2D eigenvalue weighted by Gasteiger charge is -2.03. The number of aromatic nitrogens is 1. The van der Waals surface area contributed by atoms with Crippen LogP contribution in [0, 0.1) is 12.8 Å². The van der Waals surface area contributed by atoms with Crippen LogP contribution in [0.1, 0.15) is 24.4 Å². The van der Waals surface area contributed by atoms with E-state index in [9.17, 15) is 0 Å². The van der Waals surface area contributed by atoms with Gasteiger partial charge in [-0.2, -0.15) is 0 Å². The normalized spacial score (nSPS) is 11.3. The molecule has 3 nitrogen and oxygen atoms in total. The summed E-state index contributed by atoms with van der Waals surface area (Å²) < 4.78 is 5.34. The molecule has 2 heterocycles. The molecule has 17 heavy (non-hydrogen) atoms. The van der Waals surface area contributed by atoms with Gasteiger partial charge in [0.25, 0.3) is 0 Å². The molecule has 2 aromatic heterocycles. The number of rotatable bonds is 5. The maximum absolute atomic E-state index is 5.34. The molecule has 0 aliphatic rings. The first-order chi connectivity index (χ1) is 8.15. The molecular weight excluding hydrogens is 232 g/mol. The molecule has 92 valence electrons. The highest BCUT2D eigenvalue weighted by Crippen LogP contribution is 2.27. The van der Waals surface area contributed by atoms with Crippen molar-refractivity contribution < 1.29 is 4.52 Å². The van der Waals surface area contributed by atoms with Crippen LogP contribution in [0.3, 0.4) is 0 Å². The zero-order chi connectivity index (χ0) is 12.3. The number of hydrogen-bond donors (Lipinski definition) is 1. The largest absolute Gasteiger partial charge is 0.355 e. The number of thiophene rings is 1. The van der Waals surface area contributed by atoms with Gasteiger partial charge in [-0.25, -0.2) is 0 Å². The second-order valence-corrected chi connectivity index (χ2v) is 5.91. The van der Waals surface area contributed by atoms with Gasteiger partial charge in [0.1, 0.15) is 0 Å². The van der Waals surface area contributed by atoms with E-state index in [1.54, 1.807) is 11.3 Å². The number of nitrogens with one attached hydrogen (secondary N) is 1. The third kappa shape index (κ3) is 3.41. The van der Waals surface area contributed by atoms with Crippen molar-refractivity contribution in [1.29, 1.82) is 0 Å². The van der Waals surface area contributed by atoms with Crippen LogP contribution < -0.4 is 5.32 Å². The molecule has 0 spiro atoms. The molecule has 1 N–H and O–H groups in total. The zero-order valence-electron chi connectivity index (χ0n) is 10.5. The molecule has 0 amide bonds. The van der Waals surface area contributed by atoms with E-state index in [1.807, 2.05) is 6.07 Å². The molecule has 2 rings (SSSR count). The van der Waals surface area contributed by atoms with Crippen LogP contribution in [0.15, 0.2) is 22.7 Å². The zero-order valence-corrected chi connectivity index (χ0v) is 11.3. The van der Waals surface area contributed by atoms with E-state index in [2.05, 4.69) is 43.4 Å². The quantitative estimate of drug-likeness (QED) is 0.883. The molecule has 0 aliphatic heterocycles. The van der Waals surface area contributed by atoms with Crippen molar-refractivity contribution in [2.24, 2.45) is 5.92 Å². The maximum Gasteiger partial charge on any atom is 0.177 e. The van der Waals surface area contributed by atoms with Gasteiger partial charge in [-0.1, -0.05) is 19.0 Å². The molecule has 0 aromatic carbocycles. The van der Waals surface area contributed by atoms with Crippen LogP contribution in [0.2, 0.25) is 0 Å². The van der Waals surface area contributed by atoms with E-state index >= 15 is 0 Å². The standard InChI is InChI=1S/C13H18N2OS/c1-9(2)7-14-8-11-6-12(16-15-11)13-5-4-10(3)17-13/h4-6,9,14H,7-8H2,1-3H3. The second kappa shape index (κ2) is 5.47. The summed E-state index contributed by atoms with van der Waals surface area (Å²) in [6.07, 6.45) is 0. The van der Waals surface area contributed by atoms with E-state index in [4.69, 9.17) is 4.52 Å². The average molecular weight is 250 g/mol. The minimum atomic E-state index is 0.654. The first-order valence-corrected chi connectivity index (χ1v) is 6.70. The summed E-state index contributed by atoms with van der Waals surface area (Å²) in [6, 6.07) is 6.18. The lowest BCUT2D eigenvalue weighted by Crippen LogP contribution is -2.18. The summed E-state index contributed by atoms with van der Waals surface area (Å²) in [5.41, 5.74) is 0.965. The molecule has 0 aliphatic carbocycles. The fourth-order valence-electron chi connectivity index (χ4n) is 1.57. The lowest BCUT2D eigenvalue weighted by atomic mass is 10.2. The molecule has 4 heteroatoms. The van der Waals surface area contributed by atoms with Gasteiger partial charge in [0.2, 0.25) is 0 Å². The Labute approximate surface area is 106 Å². The summed E-state index contributed by atoms with van der Waals surface area (Å²) in [5.74, 6) is 1.52. The van der Waals surface area contributed by atoms with Crippen molar-refractivity contribution in [3.8, 4) is 10.6 Å². The Hall–Kier alpha value is -1.13. The third-order valence-corrected chi connectivity index (χ3v) is 3.42. The van der Waals surface area contributed by atoms with Crippen LogP contribution in [-0.2, 0) is 6.54 Å². The smallest absolute Gasteiger partial charge is 0.177 e. The second-order valence-electron chi connectivity index (χ2n) is 4.62. The molecule has 0 saturated carbocycles. The SMILES string of the molecule is Cc1ccc(-c2cc(CNCC(C)C)no2)s1. The van der Waals surface area contributed by atoms with E-state index in [-0.39, 0.29) is 0 Å². The molecule has 0 unspecified atom stereocenters. The van der Waals surface area contributed by atoms with E-state index in [0.717, 1.165) is 29.4 Å². The van der Waals surface area contributed by atoms with Gasteiger partial charge in [-0.05, 0) is 31.5 Å². The average Bonchev–Trinajstić information content (AvgIpc) is 2.86. The lowest BCUT2D eigenvalue weighted by molar-refractivity contribution is 0.418. The summed E-state index contributed by atoms with van der Waals surface area (Å²) in [7, 11) is 0. The van der Waals surface area contributed by atoms with Crippen molar-refractivity contribution >= 4 is 11.3 Å². The van der Waals surface area contributed by atoms with Gasteiger partial charge in [-0.15, -0.1) is 11.3 Å². The van der Waals surface area contributed by atoms with Crippen LogP contribution in [-0.4, -0.2) is 11.7 Å². The maximum atomic E-state index is 5.34. The van der Waals surface area contributed by atoms with Crippen LogP contribution in [0.25, 0.3) is 10.6 Å². The highest BCUT2D eigenvalue weighted by atomic mass is 32.1. The minimum absolute atomic E-state index is 0.654. The summed E-state index contributed by atoms with van der Waals surface area (Å²) in [4.78, 5) is 2.43. The topological polar surface area (TPSA) is 38.1 Å². The number of nitrogens with zero attached hydrogens (tertiary/aromatic N) is 1. The first kappa shape index (κ1) is 12.3. The van der Waals surface area contributed by atoms with Crippen molar-refractivity contribution in [2.45, 2.75) is 27.3 Å². The highest BCUT2D eigenvalue weighted by Gasteiger charge is 2.08. The fourth-order valence-corrected chi connectivity index (χ4v) is 2.38. The van der Waals surface area contributed by atoms with Gasteiger partial charge < -0.3 is 9.84 Å². The first-order valence-electron chi connectivity index (χ1n) is 5.88. The molecule has 0 radical (unpaired) electrons. The molecule has 0 atom stereocenters. The monoisotopic (exact) mass is 250 g/mol. The van der Waals surface area contributed by atoms with Crippen LogP contribution >= 0.6 is 11.3 Å². The molecule has 0 saturated heterocycles. The molecule has 0 bridgehead atoms. The highest BCUT2D eigenvalue weighted by molar-refractivity contribution is 7.15. The predicted molar refractivity (Wildman–Crippen MR) is 71.1 cm³/mol. The van der Waals surface area contributed by atoms with Crippen molar-refractivity contribution in [3.63, 3.8) is 0 Å². The van der Waals surface area contributed by atoms with E-state index in [0.29, 0.717) is 5.92 Å². The van der Waals surface area contributed by atoms with Crippen molar-refractivity contribution in [2.75, 3.05) is 6.54 Å². The molecule has 0 fully saturated rings. The fraction of sp³-hybridized carbons (Fsp3) is 0.462. The van der Waals surface area contributed by atoms with Gasteiger partial charge in [0.15, 0.2) is 5.76 Å². The van der Waals surface area contributed by atoms with Crippen molar-refractivity contribution in [3.05, 3.63) is 28.8 Å². The van der Waals surface area contributed by atoms with Gasteiger partial charge in [0, 0.05) is 17.5 Å². The summed E-state index contributed by atoms with van der Waals surface area (Å²) >= 11 is 1.73. The van der Waals surface area contributed by atoms with E-state index in [1.165, 1.54) is 4.88 Å². The van der Waals surface area contributed by atoms with Gasteiger partial charge in [0.05, 0.1) is 10.6 Å². The number of hydrogen-bond acceptors (Lipinski definition) is 4. The Morgan fingerprint density at radius 2 is 2.24 bits per heavy atom. The Kier molecular flexibility index (Phi) is 3.97. The Morgan fingerprint density at radius 1 is 1.41 bits per heavy atom. The van der Waals surface area contributed by atoms with Crippen LogP contribution in [0.5, 0.6) is 0 Å². The minimum Gasteiger partial charge on any atom is -0.355 e.